The lowest BCUT2D eigenvalue weighted by Gasteiger charge is -2.07. The van der Waals surface area contributed by atoms with E-state index in [-0.39, 0.29) is 0 Å². The molecule has 1 rings (SSSR count). The van der Waals surface area contributed by atoms with Gasteiger partial charge in [-0.3, -0.25) is 0 Å². The average molecular weight is 251 g/mol. The van der Waals surface area contributed by atoms with Gasteiger partial charge in [0.25, 0.3) is 0 Å². The van der Waals surface area contributed by atoms with Crippen LogP contribution >= 0.6 is 15.9 Å². The van der Waals surface area contributed by atoms with Gasteiger partial charge < -0.3 is 5.32 Å². The molecule has 0 radical (unpaired) electrons. The van der Waals surface area contributed by atoms with Gasteiger partial charge in [0.1, 0.15) is 6.07 Å². The zero-order chi connectivity index (χ0) is 10.4. The normalized spacial score (nSPS) is 9.14. The zero-order valence-corrected chi connectivity index (χ0v) is 9.34. The number of benzene rings is 1. The van der Waals surface area contributed by atoms with Crippen molar-refractivity contribution < 1.29 is 0 Å². The first kappa shape index (κ1) is 10.8. The van der Waals surface area contributed by atoms with Crippen LogP contribution in [0.25, 0.3) is 0 Å². The lowest BCUT2D eigenvalue weighted by atomic mass is 10.2. The van der Waals surface area contributed by atoms with Crippen LogP contribution in [0, 0.1) is 11.3 Å². The smallest absolute Gasteiger partial charge is 0.103 e. The van der Waals surface area contributed by atoms with E-state index in [4.69, 9.17) is 5.26 Å². The number of anilines is 1. The van der Waals surface area contributed by atoms with Crippen LogP contribution in [0.3, 0.4) is 0 Å². The molecular weight excluding hydrogens is 240 g/mol. The van der Waals surface area contributed by atoms with Gasteiger partial charge in [-0.2, -0.15) is 5.26 Å². The minimum atomic E-state index is 0.650. The first-order chi connectivity index (χ1) is 6.79. The van der Waals surface area contributed by atoms with Crippen molar-refractivity contribution in [2.75, 3.05) is 11.9 Å². The number of rotatable bonds is 4. The van der Waals surface area contributed by atoms with Gasteiger partial charge in [-0.05, 0) is 34.5 Å². The second-order valence-electron chi connectivity index (χ2n) is 2.78. The fraction of sp³-hybridized carbons (Fsp3) is 0.182. The molecule has 0 bridgehead atoms. The molecule has 3 heteroatoms. The van der Waals surface area contributed by atoms with E-state index in [2.05, 4.69) is 33.9 Å². The van der Waals surface area contributed by atoms with E-state index in [1.54, 1.807) is 0 Å². The van der Waals surface area contributed by atoms with Gasteiger partial charge in [0, 0.05) is 11.0 Å². The van der Waals surface area contributed by atoms with E-state index in [9.17, 15) is 0 Å². The maximum Gasteiger partial charge on any atom is 0.103 e. The van der Waals surface area contributed by atoms with Crippen LogP contribution in [0.15, 0.2) is 35.3 Å². The predicted octanol–water partition coefficient (Wildman–Crippen LogP) is 3.31. The standard InChI is InChI=1S/C11H11BrN2/c1-2-3-7-14-11-6-4-5-10(12)9(11)8-13/h2,4-6,14H,1,3,7H2. The largest absolute Gasteiger partial charge is 0.384 e. The summed E-state index contributed by atoms with van der Waals surface area (Å²) in [6.07, 6.45) is 2.73. The van der Waals surface area contributed by atoms with Gasteiger partial charge >= 0.3 is 0 Å². The molecule has 72 valence electrons. The Bertz CT molecular complexity index is 366. The van der Waals surface area contributed by atoms with Crippen LogP contribution in [0.1, 0.15) is 12.0 Å². The van der Waals surface area contributed by atoms with Crippen molar-refractivity contribution in [1.82, 2.24) is 0 Å². The third-order valence-electron chi connectivity index (χ3n) is 1.79. The van der Waals surface area contributed by atoms with Gasteiger partial charge in [0.05, 0.1) is 11.3 Å². The van der Waals surface area contributed by atoms with Crippen molar-refractivity contribution >= 4 is 21.6 Å². The molecule has 2 nitrogen and oxygen atoms in total. The Morgan fingerprint density at radius 2 is 2.36 bits per heavy atom. The Balaban J connectivity index is 2.81. The summed E-state index contributed by atoms with van der Waals surface area (Å²) in [7, 11) is 0. The minimum absolute atomic E-state index is 0.650. The third kappa shape index (κ3) is 2.61. The average Bonchev–Trinajstić information content (AvgIpc) is 2.18. The topological polar surface area (TPSA) is 35.8 Å². The van der Waals surface area contributed by atoms with E-state index >= 15 is 0 Å². The summed E-state index contributed by atoms with van der Waals surface area (Å²) in [5.41, 5.74) is 1.51. The summed E-state index contributed by atoms with van der Waals surface area (Å²) >= 11 is 3.33. The van der Waals surface area contributed by atoms with Crippen molar-refractivity contribution in [1.29, 1.82) is 5.26 Å². The fourth-order valence-electron chi connectivity index (χ4n) is 1.09. The number of nitriles is 1. The molecule has 0 unspecified atom stereocenters. The molecule has 1 aromatic rings. The molecule has 0 fully saturated rings. The number of nitrogens with one attached hydrogen (secondary N) is 1. The second kappa shape index (κ2) is 5.46. The van der Waals surface area contributed by atoms with E-state index in [0.29, 0.717) is 5.56 Å². The maximum absolute atomic E-state index is 8.92. The summed E-state index contributed by atoms with van der Waals surface area (Å²) in [4.78, 5) is 0. The molecule has 0 spiro atoms. The highest BCUT2D eigenvalue weighted by molar-refractivity contribution is 9.10. The molecule has 0 aromatic heterocycles. The SMILES string of the molecule is C=CCCNc1cccc(Br)c1C#N. The first-order valence-corrected chi connectivity index (χ1v) is 5.12. The Labute approximate surface area is 92.4 Å². The first-order valence-electron chi connectivity index (χ1n) is 4.33. The van der Waals surface area contributed by atoms with Crippen molar-refractivity contribution in [3.8, 4) is 6.07 Å². The highest BCUT2D eigenvalue weighted by atomic mass is 79.9. The molecule has 0 aliphatic rings. The molecule has 14 heavy (non-hydrogen) atoms. The number of hydrogen-bond acceptors (Lipinski definition) is 2. The molecule has 1 N–H and O–H groups in total. The summed E-state index contributed by atoms with van der Waals surface area (Å²) in [6, 6.07) is 7.81. The van der Waals surface area contributed by atoms with E-state index in [1.807, 2.05) is 24.3 Å². The van der Waals surface area contributed by atoms with Crippen LogP contribution in [0.2, 0.25) is 0 Å². The van der Waals surface area contributed by atoms with Crippen molar-refractivity contribution in [3.05, 3.63) is 40.9 Å². The van der Waals surface area contributed by atoms with Gasteiger partial charge in [-0.25, -0.2) is 0 Å². The highest BCUT2D eigenvalue weighted by Crippen LogP contribution is 2.23. The Hall–Kier alpha value is -1.27. The minimum Gasteiger partial charge on any atom is -0.384 e. The summed E-state index contributed by atoms with van der Waals surface area (Å²) in [6.45, 7) is 4.44. The number of nitrogens with zero attached hydrogens (tertiary/aromatic N) is 1. The monoisotopic (exact) mass is 250 g/mol. The second-order valence-corrected chi connectivity index (χ2v) is 3.63. The van der Waals surface area contributed by atoms with Crippen LogP contribution in [0.5, 0.6) is 0 Å². The Morgan fingerprint density at radius 1 is 1.57 bits per heavy atom. The van der Waals surface area contributed by atoms with Crippen LogP contribution in [-0.4, -0.2) is 6.54 Å². The Kier molecular flexibility index (Phi) is 4.21. The molecule has 1 aromatic carbocycles. The molecule has 0 amide bonds. The van der Waals surface area contributed by atoms with Gasteiger partial charge in [0.2, 0.25) is 0 Å². The molecule has 0 saturated heterocycles. The predicted molar refractivity (Wildman–Crippen MR) is 62.2 cm³/mol. The molecule has 0 aliphatic carbocycles. The van der Waals surface area contributed by atoms with Crippen molar-refractivity contribution in [2.24, 2.45) is 0 Å². The lowest BCUT2D eigenvalue weighted by Crippen LogP contribution is -2.02. The molecule has 0 saturated carbocycles. The van der Waals surface area contributed by atoms with Gasteiger partial charge in [0.15, 0.2) is 0 Å². The van der Waals surface area contributed by atoms with Crippen LogP contribution < -0.4 is 5.32 Å². The maximum atomic E-state index is 8.92. The van der Waals surface area contributed by atoms with Crippen LogP contribution in [0.4, 0.5) is 5.69 Å². The zero-order valence-electron chi connectivity index (χ0n) is 7.76. The van der Waals surface area contributed by atoms with E-state index in [1.165, 1.54) is 0 Å². The van der Waals surface area contributed by atoms with E-state index in [0.717, 1.165) is 23.1 Å². The highest BCUT2D eigenvalue weighted by Gasteiger charge is 2.03. The summed E-state index contributed by atoms with van der Waals surface area (Å²) in [5.74, 6) is 0. The molecular formula is C11H11BrN2. The van der Waals surface area contributed by atoms with E-state index < -0.39 is 0 Å². The van der Waals surface area contributed by atoms with Gasteiger partial charge in [-0.15, -0.1) is 6.58 Å². The summed E-state index contributed by atoms with van der Waals surface area (Å²) < 4.78 is 0.823. The lowest BCUT2D eigenvalue weighted by molar-refractivity contribution is 1.07. The molecule has 0 aliphatic heterocycles. The van der Waals surface area contributed by atoms with Gasteiger partial charge in [-0.1, -0.05) is 12.1 Å². The van der Waals surface area contributed by atoms with Crippen molar-refractivity contribution in [3.63, 3.8) is 0 Å². The van der Waals surface area contributed by atoms with Crippen LogP contribution in [-0.2, 0) is 0 Å². The quantitative estimate of drug-likeness (QED) is 0.658. The Morgan fingerprint density at radius 3 is 3.00 bits per heavy atom. The summed E-state index contributed by atoms with van der Waals surface area (Å²) in [5, 5.41) is 12.1. The van der Waals surface area contributed by atoms with Crippen molar-refractivity contribution in [2.45, 2.75) is 6.42 Å². The fourth-order valence-corrected chi connectivity index (χ4v) is 1.55. The number of halogens is 1. The number of hydrogen-bond donors (Lipinski definition) is 1. The molecule has 0 atom stereocenters. The third-order valence-corrected chi connectivity index (χ3v) is 2.45. The molecule has 0 heterocycles.